The van der Waals surface area contributed by atoms with E-state index in [1.165, 1.54) is 31.6 Å². The SMILES string of the molecule is COc1cc2ncnc(Nc3ccc(F)c(Cl)c3F)c2cc1O. The molecular weight excluding hydrogens is 328 g/mol. The predicted octanol–water partition coefficient (Wildman–Crippen LogP) is 4.02. The van der Waals surface area contributed by atoms with E-state index < -0.39 is 16.7 Å². The Morgan fingerprint density at radius 1 is 1.22 bits per heavy atom. The number of ether oxygens (including phenoxy) is 1. The molecule has 2 aromatic carbocycles. The molecule has 0 unspecified atom stereocenters. The summed E-state index contributed by atoms with van der Waals surface area (Å²) in [6.07, 6.45) is 1.27. The molecule has 5 nitrogen and oxygen atoms in total. The van der Waals surface area contributed by atoms with Gasteiger partial charge in [-0.2, -0.15) is 0 Å². The van der Waals surface area contributed by atoms with Crippen LogP contribution in [-0.2, 0) is 0 Å². The molecule has 0 bridgehead atoms. The number of aromatic nitrogens is 2. The average Bonchev–Trinajstić information content (AvgIpc) is 2.55. The van der Waals surface area contributed by atoms with Crippen molar-refractivity contribution in [2.24, 2.45) is 0 Å². The number of anilines is 2. The lowest BCUT2D eigenvalue weighted by Crippen LogP contribution is -2.00. The Balaban J connectivity index is 2.11. The van der Waals surface area contributed by atoms with E-state index in [2.05, 4.69) is 15.3 Å². The number of nitrogens with zero attached hydrogens (tertiary/aromatic N) is 2. The Hall–Kier alpha value is -2.67. The standard InChI is InChI=1S/C15H10ClF2N3O2/c1-23-12-5-10-7(4-11(12)22)15(20-6-19-10)21-9-3-2-8(17)13(16)14(9)18/h2-6,22H,1H3,(H,19,20,21). The Morgan fingerprint density at radius 3 is 2.74 bits per heavy atom. The van der Waals surface area contributed by atoms with Gasteiger partial charge < -0.3 is 15.2 Å². The summed E-state index contributed by atoms with van der Waals surface area (Å²) in [5, 5.41) is 12.4. The number of phenolic OH excluding ortho intramolecular Hbond substituents is 1. The van der Waals surface area contributed by atoms with Gasteiger partial charge in [0.05, 0.1) is 18.3 Å². The van der Waals surface area contributed by atoms with Crippen molar-refractivity contribution in [3.8, 4) is 11.5 Å². The van der Waals surface area contributed by atoms with Gasteiger partial charge in [-0.05, 0) is 18.2 Å². The van der Waals surface area contributed by atoms with E-state index in [0.29, 0.717) is 10.9 Å². The van der Waals surface area contributed by atoms with Crippen LogP contribution in [0, 0.1) is 11.6 Å². The molecule has 0 spiro atoms. The highest BCUT2D eigenvalue weighted by Crippen LogP contribution is 2.34. The second-order valence-corrected chi connectivity index (χ2v) is 4.99. The van der Waals surface area contributed by atoms with Crippen molar-refractivity contribution in [3.63, 3.8) is 0 Å². The minimum Gasteiger partial charge on any atom is -0.504 e. The third-order valence-corrected chi connectivity index (χ3v) is 3.57. The third kappa shape index (κ3) is 2.70. The topological polar surface area (TPSA) is 67.3 Å². The number of hydrogen-bond donors (Lipinski definition) is 2. The fraction of sp³-hybridized carbons (Fsp3) is 0.0667. The number of phenols is 1. The molecule has 0 fully saturated rings. The Morgan fingerprint density at radius 2 is 2.00 bits per heavy atom. The maximum absolute atomic E-state index is 14.0. The molecule has 23 heavy (non-hydrogen) atoms. The quantitative estimate of drug-likeness (QED) is 0.707. The first kappa shape index (κ1) is 15.2. The summed E-state index contributed by atoms with van der Waals surface area (Å²) in [6, 6.07) is 5.15. The maximum Gasteiger partial charge on any atom is 0.168 e. The number of nitrogens with one attached hydrogen (secondary N) is 1. The summed E-state index contributed by atoms with van der Waals surface area (Å²) in [7, 11) is 1.41. The number of methoxy groups -OCH3 is 1. The van der Waals surface area contributed by atoms with Crippen molar-refractivity contribution in [3.05, 3.63) is 47.2 Å². The number of halogens is 3. The van der Waals surface area contributed by atoms with Crippen LogP contribution in [-0.4, -0.2) is 22.2 Å². The highest BCUT2D eigenvalue weighted by Gasteiger charge is 2.14. The first-order chi connectivity index (χ1) is 11.0. The van der Waals surface area contributed by atoms with Crippen LogP contribution in [0.3, 0.4) is 0 Å². The molecule has 0 aliphatic carbocycles. The molecule has 8 heteroatoms. The zero-order valence-electron chi connectivity index (χ0n) is 11.8. The summed E-state index contributed by atoms with van der Waals surface area (Å²) in [4.78, 5) is 8.08. The van der Waals surface area contributed by atoms with Crippen LogP contribution >= 0.6 is 11.6 Å². The Kier molecular flexibility index (Phi) is 3.87. The van der Waals surface area contributed by atoms with Gasteiger partial charge in [0.15, 0.2) is 17.3 Å². The highest BCUT2D eigenvalue weighted by molar-refractivity contribution is 6.31. The zero-order valence-corrected chi connectivity index (χ0v) is 12.5. The van der Waals surface area contributed by atoms with Crippen LogP contribution in [0.15, 0.2) is 30.6 Å². The second-order valence-electron chi connectivity index (χ2n) is 4.61. The average molecular weight is 338 g/mol. The third-order valence-electron chi connectivity index (χ3n) is 3.22. The van der Waals surface area contributed by atoms with E-state index >= 15 is 0 Å². The maximum atomic E-state index is 14.0. The summed E-state index contributed by atoms with van der Waals surface area (Å²) in [6.45, 7) is 0. The van der Waals surface area contributed by atoms with Crippen molar-refractivity contribution in [1.82, 2.24) is 9.97 Å². The molecule has 2 N–H and O–H groups in total. The van der Waals surface area contributed by atoms with Crippen LogP contribution in [0.1, 0.15) is 0 Å². The molecule has 0 amide bonds. The molecule has 1 heterocycles. The number of hydrogen-bond acceptors (Lipinski definition) is 5. The monoisotopic (exact) mass is 337 g/mol. The number of fused-ring (bicyclic) bond motifs is 1. The van der Waals surface area contributed by atoms with Crippen molar-refractivity contribution in [2.45, 2.75) is 0 Å². The van der Waals surface area contributed by atoms with Gasteiger partial charge >= 0.3 is 0 Å². The minimum absolute atomic E-state index is 0.0493. The fourth-order valence-corrected chi connectivity index (χ4v) is 2.25. The van der Waals surface area contributed by atoms with Gasteiger partial charge in [-0.1, -0.05) is 11.6 Å². The first-order valence-electron chi connectivity index (χ1n) is 6.43. The van der Waals surface area contributed by atoms with Crippen LogP contribution in [0.25, 0.3) is 10.9 Å². The van der Waals surface area contributed by atoms with Crippen LogP contribution in [0.2, 0.25) is 5.02 Å². The fourth-order valence-electron chi connectivity index (χ4n) is 2.09. The lowest BCUT2D eigenvalue weighted by molar-refractivity contribution is 0.374. The summed E-state index contributed by atoms with van der Waals surface area (Å²) in [5.74, 6) is -1.43. The van der Waals surface area contributed by atoms with Crippen molar-refractivity contribution < 1.29 is 18.6 Å². The Labute approximate surface area is 134 Å². The number of benzene rings is 2. The van der Waals surface area contributed by atoms with Gasteiger partial charge in [0.2, 0.25) is 0 Å². The summed E-state index contributed by atoms with van der Waals surface area (Å²) < 4.78 is 32.2. The Bertz CT molecular complexity index is 906. The first-order valence-corrected chi connectivity index (χ1v) is 6.81. The smallest absolute Gasteiger partial charge is 0.168 e. The summed E-state index contributed by atoms with van der Waals surface area (Å²) >= 11 is 5.55. The molecule has 3 rings (SSSR count). The van der Waals surface area contributed by atoms with Crippen LogP contribution in [0.5, 0.6) is 11.5 Å². The van der Waals surface area contributed by atoms with Gasteiger partial charge in [-0.15, -0.1) is 0 Å². The molecule has 0 aliphatic heterocycles. The van der Waals surface area contributed by atoms with Crippen molar-refractivity contribution >= 4 is 34.0 Å². The molecule has 3 aromatic rings. The molecule has 0 saturated heterocycles. The number of rotatable bonds is 3. The second kappa shape index (κ2) is 5.85. The van der Waals surface area contributed by atoms with E-state index in [-0.39, 0.29) is 23.0 Å². The van der Waals surface area contributed by atoms with Gasteiger partial charge in [0.1, 0.15) is 23.0 Å². The molecule has 0 aliphatic rings. The van der Waals surface area contributed by atoms with Crippen LogP contribution in [0.4, 0.5) is 20.3 Å². The van der Waals surface area contributed by atoms with Crippen LogP contribution < -0.4 is 10.1 Å². The van der Waals surface area contributed by atoms with Gasteiger partial charge in [-0.25, -0.2) is 18.7 Å². The molecule has 0 atom stereocenters. The molecular formula is C15H10ClF2N3O2. The van der Waals surface area contributed by atoms with E-state index in [0.717, 1.165) is 6.07 Å². The molecule has 118 valence electrons. The van der Waals surface area contributed by atoms with Gasteiger partial charge in [0, 0.05) is 11.5 Å². The lowest BCUT2D eigenvalue weighted by atomic mass is 10.2. The number of aromatic hydroxyl groups is 1. The highest BCUT2D eigenvalue weighted by atomic mass is 35.5. The molecule has 1 aromatic heterocycles. The van der Waals surface area contributed by atoms with E-state index in [1.54, 1.807) is 0 Å². The van der Waals surface area contributed by atoms with E-state index in [1.807, 2.05) is 0 Å². The lowest BCUT2D eigenvalue weighted by Gasteiger charge is -2.11. The van der Waals surface area contributed by atoms with Crippen molar-refractivity contribution in [2.75, 3.05) is 12.4 Å². The summed E-state index contributed by atoms with van der Waals surface area (Å²) in [5.41, 5.74) is 0.428. The largest absolute Gasteiger partial charge is 0.504 e. The molecule has 0 radical (unpaired) electrons. The van der Waals surface area contributed by atoms with E-state index in [4.69, 9.17) is 16.3 Å². The van der Waals surface area contributed by atoms with Gasteiger partial charge in [0.25, 0.3) is 0 Å². The normalized spacial score (nSPS) is 10.8. The zero-order chi connectivity index (χ0) is 16.6. The minimum atomic E-state index is -0.934. The van der Waals surface area contributed by atoms with Gasteiger partial charge in [-0.3, -0.25) is 0 Å². The van der Waals surface area contributed by atoms with Crippen molar-refractivity contribution in [1.29, 1.82) is 0 Å². The predicted molar refractivity (Wildman–Crippen MR) is 82.4 cm³/mol. The molecule has 0 saturated carbocycles. The van der Waals surface area contributed by atoms with E-state index in [9.17, 15) is 13.9 Å².